The van der Waals surface area contributed by atoms with Gasteiger partial charge in [0.15, 0.2) is 0 Å². The number of aryl methyl sites for hydroxylation is 1. The first-order valence-electron chi connectivity index (χ1n) is 7.95. The molecule has 1 heterocycles. The first-order valence-corrected chi connectivity index (χ1v) is 7.95. The van der Waals surface area contributed by atoms with Crippen LogP contribution in [-0.2, 0) is 4.74 Å². The Morgan fingerprint density at radius 1 is 1.20 bits per heavy atom. The molecule has 0 aromatic heterocycles. The molecule has 7 nitrogen and oxygen atoms in total. The number of anilines is 1. The van der Waals surface area contributed by atoms with E-state index in [2.05, 4.69) is 0 Å². The third-order valence-corrected chi connectivity index (χ3v) is 4.06. The molecule has 1 fully saturated rings. The highest BCUT2D eigenvalue weighted by Crippen LogP contribution is 2.30. The second-order valence-corrected chi connectivity index (χ2v) is 5.72. The molecular formula is C18H18N2O5. The van der Waals surface area contributed by atoms with E-state index in [1.807, 2.05) is 24.0 Å². The maximum Gasteiger partial charge on any atom is 0.343 e. The number of esters is 1. The zero-order valence-electron chi connectivity index (χ0n) is 13.8. The van der Waals surface area contributed by atoms with Gasteiger partial charge in [-0.15, -0.1) is 0 Å². The molecule has 0 saturated carbocycles. The van der Waals surface area contributed by atoms with Crippen molar-refractivity contribution in [3.63, 3.8) is 0 Å². The lowest BCUT2D eigenvalue weighted by molar-refractivity contribution is -0.384. The first-order chi connectivity index (χ1) is 12.1. The number of nitro groups is 1. The molecule has 0 unspecified atom stereocenters. The molecule has 0 radical (unpaired) electrons. The van der Waals surface area contributed by atoms with Crippen molar-refractivity contribution >= 4 is 17.3 Å². The standard InChI is InChI=1S/C18H18N2O5/c1-13-4-2-3-5-17(13)25-18(21)14-6-7-15(16(12-14)20(22)23)19-8-10-24-11-9-19/h2-7,12H,8-11H2,1H3. The van der Waals surface area contributed by atoms with Gasteiger partial charge in [0.1, 0.15) is 11.4 Å². The molecule has 0 atom stereocenters. The Hall–Kier alpha value is -2.93. The number of hydrogen-bond acceptors (Lipinski definition) is 6. The molecule has 2 aromatic rings. The number of ether oxygens (including phenoxy) is 2. The number of para-hydroxylation sites is 1. The summed E-state index contributed by atoms with van der Waals surface area (Å²) in [5, 5.41) is 11.4. The van der Waals surface area contributed by atoms with Gasteiger partial charge in [0, 0.05) is 19.2 Å². The Morgan fingerprint density at radius 2 is 1.92 bits per heavy atom. The van der Waals surface area contributed by atoms with Crippen molar-refractivity contribution in [1.82, 2.24) is 0 Å². The molecule has 130 valence electrons. The molecule has 0 spiro atoms. The summed E-state index contributed by atoms with van der Waals surface area (Å²) in [6.07, 6.45) is 0. The number of carbonyl (C=O) groups excluding carboxylic acids is 1. The number of benzene rings is 2. The molecule has 0 N–H and O–H groups in total. The lowest BCUT2D eigenvalue weighted by atomic mass is 10.1. The van der Waals surface area contributed by atoms with E-state index < -0.39 is 10.9 Å². The highest BCUT2D eigenvalue weighted by atomic mass is 16.6. The second kappa shape index (κ2) is 7.31. The summed E-state index contributed by atoms with van der Waals surface area (Å²) in [4.78, 5) is 25.2. The minimum absolute atomic E-state index is 0.110. The minimum atomic E-state index is -0.620. The Labute approximate surface area is 144 Å². The van der Waals surface area contributed by atoms with E-state index in [0.29, 0.717) is 37.7 Å². The summed E-state index contributed by atoms with van der Waals surface area (Å²) in [7, 11) is 0. The van der Waals surface area contributed by atoms with E-state index in [9.17, 15) is 14.9 Å². The molecule has 0 bridgehead atoms. The van der Waals surface area contributed by atoms with Crippen LogP contribution in [0.1, 0.15) is 15.9 Å². The van der Waals surface area contributed by atoms with Crippen molar-refractivity contribution in [3.8, 4) is 5.75 Å². The second-order valence-electron chi connectivity index (χ2n) is 5.72. The molecule has 3 rings (SSSR count). The maximum atomic E-state index is 12.4. The number of hydrogen-bond donors (Lipinski definition) is 0. The largest absolute Gasteiger partial charge is 0.423 e. The van der Waals surface area contributed by atoms with Crippen LogP contribution in [0.5, 0.6) is 5.75 Å². The van der Waals surface area contributed by atoms with Crippen molar-refractivity contribution in [1.29, 1.82) is 0 Å². The molecule has 1 saturated heterocycles. The topological polar surface area (TPSA) is 81.9 Å². The van der Waals surface area contributed by atoms with Gasteiger partial charge < -0.3 is 14.4 Å². The van der Waals surface area contributed by atoms with Crippen LogP contribution in [0.2, 0.25) is 0 Å². The smallest absolute Gasteiger partial charge is 0.343 e. The molecule has 2 aromatic carbocycles. The fourth-order valence-electron chi connectivity index (χ4n) is 2.70. The lowest BCUT2D eigenvalue weighted by Crippen LogP contribution is -2.36. The van der Waals surface area contributed by atoms with Crippen LogP contribution in [0.25, 0.3) is 0 Å². The van der Waals surface area contributed by atoms with E-state index >= 15 is 0 Å². The number of rotatable bonds is 4. The summed E-state index contributed by atoms with van der Waals surface area (Å²) >= 11 is 0. The van der Waals surface area contributed by atoms with Gasteiger partial charge in [0.05, 0.1) is 23.7 Å². The first kappa shape index (κ1) is 16.9. The molecule has 7 heteroatoms. The van der Waals surface area contributed by atoms with Crippen molar-refractivity contribution in [2.24, 2.45) is 0 Å². The van der Waals surface area contributed by atoms with Gasteiger partial charge in [0.2, 0.25) is 0 Å². The maximum absolute atomic E-state index is 12.4. The molecular weight excluding hydrogens is 324 g/mol. The highest BCUT2D eigenvalue weighted by Gasteiger charge is 2.24. The van der Waals surface area contributed by atoms with Crippen molar-refractivity contribution < 1.29 is 19.2 Å². The van der Waals surface area contributed by atoms with Crippen LogP contribution in [0, 0.1) is 17.0 Å². The number of nitrogens with zero attached hydrogens (tertiary/aromatic N) is 2. The quantitative estimate of drug-likeness (QED) is 0.368. The van der Waals surface area contributed by atoms with Gasteiger partial charge >= 0.3 is 5.97 Å². The summed E-state index contributed by atoms with van der Waals surface area (Å²) in [6, 6.07) is 11.5. The van der Waals surface area contributed by atoms with Gasteiger partial charge in [-0.25, -0.2) is 4.79 Å². The van der Waals surface area contributed by atoms with Crippen LogP contribution in [0.3, 0.4) is 0 Å². The van der Waals surface area contributed by atoms with Crippen molar-refractivity contribution in [2.75, 3.05) is 31.2 Å². The van der Waals surface area contributed by atoms with Gasteiger partial charge in [0.25, 0.3) is 5.69 Å². The molecule has 1 aliphatic heterocycles. The SMILES string of the molecule is Cc1ccccc1OC(=O)c1ccc(N2CCOCC2)c([N+](=O)[O-])c1. The molecule has 0 aliphatic carbocycles. The Morgan fingerprint density at radius 3 is 2.60 bits per heavy atom. The number of morpholine rings is 1. The fraction of sp³-hybridized carbons (Fsp3) is 0.278. The van der Waals surface area contributed by atoms with Gasteiger partial charge in [-0.3, -0.25) is 10.1 Å². The minimum Gasteiger partial charge on any atom is -0.423 e. The molecule has 0 amide bonds. The van der Waals surface area contributed by atoms with Crippen LogP contribution in [0.15, 0.2) is 42.5 Å². The predicted molar refractivity (Wildman–Crippen MR) is 92.3 cm³/mol. The van der Waals surface area contributed by atoms with E-state index in [-0.39, 0.29) is 11.3 Å². The summed E-state index contributed by atoms with van der Waals surface area (Å²) in [5.41, 5.74) is 1.34. The Bertz CT molecular complexity index is 800. The van der Waals surface area contributed by atoms with Crippen molar-refractivity contribution in [3.05, 3.63) is 63.7 Å². The van der Waals surface area contributed by atoms with E-state index in [1.54, 1.807) is 24.3 Å². The van der Waals surface area contributed by atoms with E-state index in [0.717, 1.165) is 5.56 Å². The van der Waals surface area contributed by atoms with Crippen LogP contribution < -0.4 is 9.64 Å². The zero-order chi connectivity index (χ0) is 17.8. The fourth-order valence-corrected chi connectivity index (χ4v) is 2.70. The Balaban J connectivity index is 1.87. The predicted octanol–water partition coefficient (Wildman–Crippen LogP) is 2.96. The van der Waals surface area contributed by atoms with Crippen LogP contribution >= 0.6 is 0 Å². The average molecular weight is 342 g/mol. The van der Waals surface area contributed by atoms with Gasteiger partial charge in [-0.1, -0.05) is 18.2 Å². The van der Waals surface area contributed by atoms with Crippen LogP contribution in [0.4, 0.5) is 11.4 Å². The summed E-state index contributed by atoms with van der Waals surface area (Å²) < 4.78 is 10.6. The highest BCUT2D eigenvalue weighted by molar-refractivity contribution is 5.93. The zero-order valence-corrected chi connectivity index (χ0v) is 13.8. The van der Waals surface area contributed by atoms with Gasteiger partial charge in [-0.05, 0) is 30.7 Å². The molecule has 1 aliphatic rings. The summed E-state index contributed by atoms with van der Waals surface area (Å²) in [5.74, 6) is -0.182. The van der Waals surface area contributed by atoms with Crippen LogP contribution in [-0.4, -0.2) is 37.2 Å². The third-order valence-electron chi connectivity index (χ3n) is 4.06. The average Bonchev–Trinajstić information content (AvgIpc) is 2.63. The van der Waals surface area contributed by atoms with Gasteiger partial charge in [-0.2, -0.15) is 0 Å². The third kappa shape index (κ3) is 3.77. The van der Waals surface area contributed by atoms with Crippen molar-refractivity contribution in [2.45, 2.75) is 6.92 Å². The van der Waals surface area contributed by atoms with E-state index in [4.69, 9.17) is 9.47 Å². The number of carbonyl (C=O) groups is 1. The van der Waals surface area contributed by atoms with E-state index in [1.165, 1.54) is 6.07 Å². The number of nitro benzene ring substituents is 1. The Kier molecular flexibility index (Phi) is 4.95. The monoisotopic (exact) mass is 342 g/mol. The molecule has 25 heavy (non-hydrogen) atoms. The lowest BCUT2D eigenvalue weighted by Gasteiger charge is -2.28. The normalized spacial score (nSPS) is 14.2. The summed E-state index contributed by atoms with van der Waals surface area (Å²) in [6.45, 7) is 4.02.